The van der Waals surface area contributed by atoms with Crippen molar-refractivity contribution in [2.45, 2.75) is 25.2 Å². The van der Waals surface area contributed by atoms with Crippen LogP contribution in [0.5, 0.6) is 0 Å². The van der Waals surface area contributed by atoms with E-state index in [1.165, 1.54) is 36.9 Å². The van der Waals surface area contributed by atoms with E-state index < -0.39 is 52.3 Å². The molecule has 0 aliphatic carbocycles. The minimum atomic E-state index is -4.75. The predicted octanol–water partition coefficient (Wildman–Crippen LogP) is 2.09. The van der Waals surface area contributed by atoms with Gasteiger partial charge in [-0.1, -0.05) is 30.3 Å². The normalized spacial score (nSPS) is 18.2. The van der Waals surface area contributed by atoms with E-state index in [0.29, 0.717) is 16.4 Å². The van der Waals surface area contributed by atoms with Crippen molar-refractivity contribution in [3.63, 3.8) is 0 Å². The van der Waals surface area contributed by atoms with Crippen molar-refractivity contribution in [2.75, 3.05) is 36.0 Å². The number of aromatic nitrogens is 4. The maximum absolute atomic E-state index is 14.7. The molecule has 2 amide bonds. The number of anilines is 2. The van der Waals surface area contributed by atoms with Gasteiger partial charge < -0.3 is 4.90 Å². The highest BCUT2D eigenvalue weighted by atomic mass is 19.4. The molecule has 1 atom stereocenters. The summed E-state index contributed by atoms with van der Waals surface area (Å²) in [5.41, 5.74) is -2.18. The second kappa shape index (κ2) is 10.7. The Bertz CT molecular complexity index is 1920. The van der Waals surface area contributed by atoms with Gasteiger partial charge in [0.2, 0.25) is 11.9 Å². The van der Waals surface area contributed by atoms with Crippen molar-refractivity contribution >= 4 is 34.6 Å². The van der Waals surface area contributed by atoms with Crippen LogP contribution < -0.4 is 21.0 Å². The number of benzene rings is 2. The van der Waals surface area contributed by atoms with Gasteiger partial charge in [0.15, 0.2) is 11.2 Å². The number of hydrogen-bond donors (Lipinski definition) is 0. The molecule has 2 saturated heterocycles. The number of carbonyl (C=O) groups excluding carboxylic acids is 2. The van der Waals surface area contributed by atoms with Gasteiger partial charge in [0.25, 0.3) is 11.5 Å². The van der Waals surface area contributed by atoms with E-state index in [2.05, 4.69) is 4.98 Å². The van der Waals surface area contributed by atoms with Crippen LogP contribution in [0.1, 0.15) is 17.5 Å². The average Bonchev–Trinajstić information content (AvgIpc) is 3.52. The fourth-order valence-electron chi connectivity index (χ4n) is 5.92. The number of fused-ring (bicyclic) bond motifs is 1. The molecule has 11 nitrogen and oxygen atoms in total. The van der Waals surface area contributed by atoms with E-state index in [1.54, 1.807) is 27.7 Å². The Morgan fingerprint density at radius 2 is 1.55 bits per heavy atom. The Kier molecular flexibility index (Phi) is 7.14. The van der Waals surface area contributed by atoms with E-state index in [9.17, 15) is 36.7 Å². The Morgan fingerprint density at radius 3 is 2.23 bits per heavy atom. The van der Waals surface area contributed by atoms with Crippen LogP contribution in [0.15, 0.2) is 58.1 Å². The van der Waals surface area contributed by atoms with Crippen molar-refractivity contribution in [3.8, 4) is 0 Å². The van der Waals surface area contributed by atoms with Gasteiger partial charge in [0, 0.05) is 45.8 Å². The molecular weight excluding hydrogens is 586 g/mol. The predicted molar refractivity (Wildman–Crippen MR) is 152 cm³/mol. The lowest BCUT2D eigenvalue weighted by Gasteiger charge is -2.37. The zero-order valence-corrected chi connectivity index (χ0v) is 23.7. The van der Waals surface area contributed by atoms with Gasteiger partial charge >= 0.3 is 11.9 Å². The number of aryl methyl sites for hydroxylation is 1. The number of amides is 2. The van der Waals surface area contributed by atoms with Crippen molar-refractivity contribution < 1.29 is 27.2 Å². The summed E-state index contributed by atoms with van der Waals surface area (Å²) < 4.78 is 59.4. The minimum absolute atomic E-state index is 0.0463. The van der Waals surface area contributed by atoms with Gasteiger partial charge in [-0.3, -0.25) is 33.0 Å². The Morgan fingerprint density at radius 1 is 0.886 bits per heavy atom. The van der Waals surface area contributed by atoms with E-state index in [-0.39, 0.29) is 50.3 Å². The number of carbonyl (C=O) groups is 2. The Labute approximate surface area is 247 Å². The van der Waals surface area contributed by atoms with Gasteiger partial charge in [-0.2, -0.15) is 18.2 Å². The molecule has 4 aromatic rings. The third kappa shape index (κ3) is 4.76. The van der Waals surface area contributed by atoms with Crippen molar-refractivity contribution in [2.24, 2.45) is 14.1 Å². The molecule has 230 valence electrons. The second-order valence-electron chi connectivity index (χ2n) is 10.8. The van der Waals surface area contributed by atoms with Crippen LogP contribution in [0, 0.1) is 5.82 Å². The number of piperazine rings is 1. The third-order valence-corrected chi connectivity index (χ3v) is 8.23. The summed E-state index contributed by atoms with van der Waals surface area (Å²) in [7, 11) is 2.83. The number of imidazole rings is 1. The number of imide groups is 1. The standard InChI is InChI=1S/C29H27F4N7O4/c1-35-24-23(26(43)36(2)28(35)44)39(16-17-7-3-5-9-19(17)30)27(34-24)38-13-11-37(12-14-38)21-15-22(41)40(25(21)42)20-10-6-4-8-18(20)29(31,32)33/h3-10,21H,11-16H2,1-2H3. The van der Waals surface area contributed by atoms with E-state index >= 15 is 0 Å². The lowest BCUT2D eigenvalue weighted by atomic mass is 10.1. The lowest BCUT2D eigenvalue weighted by molar-refractivity contribution is -0.137. The first kappa shape index (κ1) is 29.3. The van der Waals surface area contributed by atoms with Crippen LogP contribution in [-0.2, 0) is 36.4 Å². The SMILES string of the molecule is Cn1c(=O)c2c(nc(N3CCN(C4CC(=O)N(c5ccccc5C(F)(F)F)C4=O)CC3)n2Cc2ccccc2F)n(C)c1=O. The molecule has 2 aliphatic heterocycles. The van der Waals surface area contributed by atoms with Gasteiger partial charge in [-0.15, -0.1) is 0 Å². The van der Waals surface area contributed by atoms with Gasteiger partial charge in [-0.05, 0) is 18.2 Å². The van der Waals surface area contributed by atoms with E-state index in [1.807, 2.05) is 4.90 Å². The van der Waals surface area contributed by atoms with Crippen molar-refractivity contribution in [1.29, 1.82) is 0 Å². The first-order valence-corrected chi connectivity index (χ1v) is 13.8. The molecule has 15 heteroatoms. The molecular formula is C29H27F4N7O4. The van der Waals surface area contributed by atoms with Crippen LogP contribution in [0.3, 0.4) is 0 Å². The summed E-state index contributed by atoms with van der Waals surface area (Å²) >= 11 is 0. The highest BCUT2D eigenvalue weighted by Crippen LogP contribution is 2.39. The zero-order valence-electron chi connectivity index (χ0n) is 23.7. The monoisotopic (exact) mass is 613 g/mol. The summed E-state index contributed by atoms with van der Waals surface area (Å²) in [5.74, 6) is -1.61. The summed E-state index contributed by atoms with van der Waals surface area (Å²) in [4.78, 5) is 60.9. The fraction of sp³-hybridized carbons (Fsp3) is 0.345. The molecule has 0 N–H and O–H groups in total. The quantitative estimate of drug-likeness (QED) is 0.251. The van der Waals surface area contributed by atoms with Crippen LogP contribution >= 0.6 is 0 Å². The van der Waals surface area contributed by atoms with Gasteiger partial charge in [0.1, 0.15) is 5.82 Å². The first-order valence-electron chi connectivity index (χ1n) is 13.8. The number of para-hydroxylation sites is 1. The smallest absolute Gasteiger partial charge is 0.340 e. The maximum Gasteiger partial charge on any atom is 0.418 e. The number of nitrogens with zero attached hydrogens (tertiary/aromatic N) is 7. The summed E-state index contributed by atoms with van der Waals surface area (Å²) in [6, 6.07) is 9.63. The molecule has 1 unspecified atom stereocenters. The van der Waals surface area contributed by atoms with Crippen molar-refractivity contribution in [1.82, 2.24) is 23.6 Å². The Balaban J connectivity index is 1.29. The average molecular weight is 614 g/mol. The third-order valence-electron chi connectivity index (χ3n) is 8.23. The van der Waals surface area contributed by atoms with Gasteiger partial charge in [-0.25, -0.2) is 14.1 Å². The van der Waals surface area contributed by atoms with Gasteiger partial charge in [0.05, 0.1) is 30.3 Å². The topological polar surface area (TPSA) is 106 Å². The molecule has 4 heterocycles. The largest absolute Gasteiger partial charge is 0.418 e. The van der Waals surface area contributed by atoms with E-state index in [0.717, 1.165) is 16.7 Å². The van der Waals surface area contributed by atoms with Crippen LogP contribution in [-0.4, -0.2) is 67.6 Å². The molecule has 2 aromatic carbocycles. The molecule has 0 spiro atoms. The Hall–Kier alpha value is -4.79. The molecule has 2 aliphatic rings. The zero-order chi connectivity index (χ0) is 31.5. The summed E-state index contributed by atoms with van der Waals surface area (Å²) in [6.07, 6.45) is -5.02. The number of rotatable bonds is 5. The molecule has 2 fully saturated rings. The van der Waals surface area contributed by atoms with E-state index in [4.69, 9.17) is 0 Å². The molecule has 0 saturated carbocycles. The number of halogens is 4. The highest BCUT2D eigenvalue weighted by molar-refractivity contribution is 6.22. The van der Waals surface area contributed by atoms with Crippen molar-refractivity contribution in [3.05, 3.63) is 86.3 Å². The second-order valence-corrected chi connectivity index (χ2v) is 10.8. The minimum Gasteiger partial charge on any atom is -0.340 e. The van der Waals surface area contributed by atoms with Crippen LogP contribution in [0.4, 0.5) is 29.2 Å². The number of hydrogen-bond acceptors (Lipinski definition) is 7. The molecule has 0 radical (unpaired) electrons. The molecule has 2 aromatic heterocycles. The fourth-order valence-corrected chi connectivity index (χ4v) is 5.92. The van der Waals surface area contributed by atoms with Crippen LogP contribution in [0.2, 0.25) is 0 Å². The lowest BCUT2D eigenvalue weighted by Crippen LogP contribution is -2.53. The molecule has 6 rings (SSSR count). The highest BCUT2D eigenvalue weighted by Gasteiger charge is 2.46. The van der Waals surface area contributed by atoms with Crippen LogP contribution in [0.25, 0.3) is 11.2 Å². The summed E-state index contributed by atoms with van der Waals surface area (Å²) in [5, 5.41) is 0. The molecule has 0 bridgehead atoms. The molecule has 44 heavy (non-hydrogen) atoms. The summed E-state index contributed by atoms with van der Waals surface area (Å²) in [6.45, 7) is 0.990. The maximum atomic E-state index is 14.7. The number of alkyl halides is 3. The first-order chi connectivity index (χ1) is 20.9.